The summed E-state index contributed by atoms with van der Waals surface area (Å²) < 4.78 is 15.2. The van der Waals surface area contributed by atoms with Crippen molar-refractivity contribution < 1.29 is 28.6 Å². The normalized spacial score (nSPS) is 19.2. The van der Waals surface area contributed by atoms with Crippen molar-refractivity contribution in [1.82, 2.24) is 10.4 Å². The number of hydrogen-bond acceptors (Lipinski definition) is 7. The number of esters is 2. The fourth-order valence-corrected chi connectivity index (χ4v) is 2.38. The van der Waals surface area contributed by atoms with Crippen LogP contribution in [0.15, 0.2) is 0 Å². The van der Waals surface area contributed by atoms with E-state index in [0.29, 0.717) is 0 Å². The highest BCUT2D eigenvalue weighted by Gasteiger charge is 2.47. The molecule has 0 aromatic carbocycles. The van der Waals surface area contributed by atoms with Crippen LogP contribution >= 0.6 is 0 Å². The molecule has 1 aliphatic heterocycles. The molecular formula is C16H28N2O6. The second kappa shape index (κ2) is 8.32. The summed E-state index contributed by atoms with van der Waals surface area (Å²) in [5, 5.41) is 1.27. The van der Waals surface area contributed by atoms with Crippen LogP contribution in [0.1, 0.15) is 41.5 Å². The Morgan fingerprint density at radius 2 is 1.88 bits per heavy atom. The summed E-state index contributed by atoms with van der Waals surface area (Å²) in [5.74, 6) is -1.07. The Bertz CT molecular complexity index is 477. The van der Waals surface area contributed by atoms with Crippen molar-refractivity contribution >= 4 is 18.0 Å². The van der Waals surface area contributed by atoms with Gasteiger partial charge in [0.25, 0.3) is 0 Å². The summed E-state index contributed by atoms with van der Waals surface area (Å²) in [4.78, 5) is 36.7. The summed E-state index contributed by atoms with van der Waals surface area (Å²) in [7, 11) is 0. The molecule has 1 aliphatic rings. The van der Waals surface area contributed by atoms with Gasteiger partial charge in [-0.05, 0) is 33.6 Å². The third kappa shape index (κ3) is 4.37. The number of ether oxygens (including phenoxy) is 3. The monoisotopic (exact) mass is 344 g/mol. The van der Waals surface area contributed by atoms with Gasteiger partial charge in [0.05, 0.1) is 24.7 Å². The van der Waals surface area contributed by atoms with E-state index in [2.05, 4.69) is 5.43 Å². The van der Waals surface area contributed by atoms with Crippen LogP contribution in [0.4, 0.5) is 4.79 Å². The molecule has 24 heavy (non-hydrogen) atoms. The molecule has 8 heteroatoms. The van der Waals surface area contributed by atoms with Gasteiger partial charge in [0, 0.05) is 0 Å². The molecule has 8 nitrogen and oxygen atoms in total. The molecule has 2 atom stereocenters. The van der Waals surface area contributed by atoms with E-state index in [-0.39, 0.29) is 31.8 Å². The zero-order chi connectivity index (χ0) is 18.5. The zero-order valence-corrected chi connectivity index (χ0v) is 15.3. The first-order valence-corrected chi connectivity index (χ1v) is 8.22. The lowest BCUT2D eigenvalue weighted by Gasteiger charge is -2.35. The van der Waals surface area contributed by atoms with Gasteiger partial charge >= 0.3 is 18.0 Å². The largest absolute Gasteiger partial charge is 0.466 e. The highest BCUT2D eigenvalue weighted by atomic mass is 16.6. The molecule has 1 amide bonds. The van der Waals surface area contributed by atoms with Gasteiger partial charge in [-0.1, -0.05) is 13.8 Å². The fourth-order valence-electron chi connectivity index (χ4n) is 2.38. The van der Waals surface area contributed by atoms with Crippen LogP contribution in [-0.2, 0) is 23.8 Å². The second-order valence-corrected chi connectivity index (χ2v) is 6.51. The summed E-state index contributed by atoms with van der Waals surface area (Å²) in [6.45, 7) is 11.0. The molecule has 0 aromatic heterocycles. The van der Waals surface area contributed by atoms with Crippen molar-refractivity contribution in [1.29, 1.82) is 0 Å². The number of cyclic esters (lactones) is 1. The Kier molecular flexibility index (Phi) is 7.01. The smallest absolute Gasteiger partial charge is 0.424 e. The summed E-state index contributed by atoms with van der Waals surface area (Å²) in [6.07, 6.45) is -0.581. The number of nitrogens with one attached hydrogen (secondary N) is 1. The van der Waals surface area contributed by atoms with Gasteiger partial charge < -0.3 is 14.2 Å². The van der Waals surface area contributed by atoms with Crippen molar-refractivity contribution in [2.24, 2.45) is 11.3 Å². The maximum Gasteiger partial charge on any atom is 0.424 e. The predicted molar refractivity (Wildman–Crippen MR) is 85.8 cm³/mol. The standard InChI is InChI=1S/C16H28N2O6/c1-7-22-13(19)12(16(5,6)14(20)23-8-2)17-18-11(10(3)4)9-24-15(18)21/h10-12,17H,7-9H2,1-6H3/t11-,12-/m1/s1. The second-order valence-electron chi connectivity index (χ2n) is 6.51. The minimum absolute atomic E-state index is 0.109. The lowest BCUT2D eigenvalue weighted by Crippen LogP contribution is -2.60. The Hall–Kier alpha value is -1.83. The molecule has 0 saturated carbocycles. The van der Waals surface area contributed by atoms with Crippen LogP contribution < -0.4 is 5.43 Å². The predicted octanol–water partition coefficient (Wildman–Crippen LogP) is 1.49. The SMILES string of the molecule is CCOC(=O)[C@@H](NN1C(=O)OC[C@@H]1C(C)C)C(C)(C)C(=O)OCC. The quantitative estimate of drug-likeness (QED) is 0.526. The Morgan fingerprint density at radius 3 is 2.38 bits per heavy atom. The number of rotatable bonds is 8. The Morgan fingerprint density at radius 1 is 1.29 bits per heavy atom. The third-order valence-electron chi connectivity index (χ3n) is 3.99. The van der Waals surface area contributed by atoms with Gasteiger partial charge in [-0.2, -0.15) is 0 Å². The van der Waals surface area contributed by atoms with Crippen LogP contribution in [0.3, 0.4) is 0 Å². The number of nitrogens with zero attached hydrogens (tertiary/aromatic N) is 1. The topological polar surface area (TPSA) is 94.2 Å². The molecule has 0 radical (unpaired) electrons. The van der Waals surface area contributed by atoms with E-state index >= 15 is 0 Å². The average Bonchev–Trinajstić information content (AvgIpc) is 2.86. The zero-order valence-electron chi connectivity index (χ0n) is 15.3. The van der Waals surface area contributed by atoms with E-state index < -0.39 is 29.5 Å². The van der Waals surface area contributed by atoms with E-state index in [1.165, 1.54) is 5.01 Å². The molecule has 0 spiro atoms. The van der Waals surface area contributed by atoms with Crippen LogP contribution in [0.2, 0.25) is 0 Å². The maximum atomic E-state index is 12.4. The Labute approximate surface area is 142 Å². The van der Waals surface area contributed by atoms with E-state index in [4.69, 9.17) is 14.2 Å². The van der Waals surface area contributed by atoms with Crippen molar-refractivity contribution in [3.63, 3.8) is 0 Å². The first kappa shape index (κ1) is 20.2. The van der Waals surface area contributed by atoms with Crippen molar-refractivity contribution in [3.05, 3.63) is 0 Å². The van der Waals surface area contributed by atoms with Crippen LogP contribution in [0.25, 0.3) is 0 Å². The molecule has 138 valence electrons. The minimum atomic E-state index is -1.23. The van der Waals surface area contributed by atoms with Crippen molar-refractivity contribution in [2.45, 2.75) is 53.6 Å². The number of carbonyl (C=O) groups is 3. The molecule has 1 saturated heterocycles. The maximum absolute atomic E-state index is 12.4. The molecule has 0 aromatic rings. The highest BCUT2D eigenvalue weighted by Crippen LogP contribution is 2.26. The number of hydrazine groups is 1. The number of carbonyl (C=O) groups excluding carboxylic acids is 3. The van der Waals surface area contributed by atoms with Gasteiger partial charge in [0.15, 0.2) is 0 Å². The first-order chi connectivity index (χ1) is 11.2. The number of hydrogen-bond donors (Lipinski definition) is 1. The summed E-state index contributed by atoms with van der Waals surface area (Å²) in [6, 6.07) is -1.32. The van der Waals surface area contributed by atoms with Gasteiger partial charge in [-0.15, -0.1) is 0 Å². The van der Waals surface area contributed by atoms with Gasteiger partial charge in [0.1, 0.15) is 12.6 Å². The summed E-state index contributed by atoms with van der Waals surface area (Å²) in [5.41, 5.74) is 1.62. The fraction of sp³-hybridized carbons (Fsp3) is 0.812. The van der Waals surface area contributed by atoms with Crippen LogP contribution in [0.5, 0.6) is 0 Å². The highest BCUT2D eigenvalue weighted by molar-refractivity contribution is 5.87. The first-order valence-electron chi connectivity index (χ1n) is 8.22. The molecule has 1 fully saturated rings. The van der Waals surface area contributed by atoms with Gasteiger partial charge in [0.2, 0.25) is 0 Å². The molecule has 0 bridgehead atoms. The third-order valence-corrected chi connectivity index (χ3v) is 3.99. The van der Waals surface area contributed by atoms with E-state index in [1.807, 2.05) is 13.8 Å². The van der Waals surface area contributed by atoms with E-state index in [9.17, 15) is 14.4 Å². The minimum Gasteiger partial charge on any atom is -0.466 e. The molecule has 0 aliphatic carbocycles. The van der Waals surface area contributed by atoms with Crippen molar-refractivity contribution in [2.75, 3.05) is 19.8 Å². The van der Waals surface area contributed by atoms with E-state index in [1.54, 1.807) is 27.7 Å². The van der Waals surface area contributed by atoms with Crippen LogP contribution in [-0.4, -0.2) is 54.9 Å². The summed E-state index contributed by atoms with van der Waals surface area (Å²) >= 11 is 0. The molecule has 1 N–H and O–H groups in total. The van der Waals surface area contributed by atoms with Crippen LogP contribution in [0, 0.1) is 11.3 Å². The van der Waals surface area contributed by atoms with Gasteiger partial charge in [-0.3, -0.25) is 9.59 Å². The Balaban J connectivity index is 3.08. The molecule has 1 rings (SSSR count). The van der Waals surface area contributed by atoms with E-state index in [0.717, 1.165) is 0 Å². The molecule has 0 unspecified atom stereocenters. The number of amides is 1. The average molecular weight is 344 g/mol. The van der Waals surface area contributed by atoms with Crippen molar-refractivity contribution in [3.8, 4) is 0 Å². The lowest BCUT2D eigenvalue weighted by atomic mass is 9.84. The lowest BCUT2D eigenvalue weighted by molar-refractivity contribution is -0.165. The van der Waals surface area contributed by atoms with Gasteiger partial charge in [-0.25, -0.2) is 15.2 Å². The molecular weight excluding hydrogens is 316 g/mol. The molecule has 1 heterocycles.